The molecule has 13 nitrogen and oxygen atoms in total. The van der Waals surface area contributed by atoms with Crippen LogP contribution in [-0.4, -0.2) is 82.1 Å². The first-order valence-corrected chi connectivity index (χ1v) is 16.2. The van der Waals surface area contributed by atoms with Gasteiger partial charge in [0.15, 0.2) is 23.8 Å². The lowest BCUT2D eigenvalue weighted by Crippen LogP contribution is -2.57. The smallest absolute Gasteiger partial charge is 0.338 e. The van der Waals surface area contributed by atoms with Gasteiger partial charge in [0.1, 0.15) is 17.3 Å². The Balaban J connectivity index is 2.45. The van der Waals surface area contributed by atoms with Crippen molar-refractivity contribution in [3.63, 3.8) is 0 Å². The molecule has 0 saturated heterocycles. The van der Waals surface area contributed by atoms with Gasteiger partial charge in [0.2, 0.25) is 6.10 Å². The first-order chi connectivity index (χ1) is 23.1. The number of carbonyl (C=O) groups excluding carboxylic acids is 7. The Bertz CT molecular complexity index is 1570. The van der Waals surface area contributed by atoms with E-state index in [-0.39, 0.29) is 11.1 Å². The van der Waals surface area contributed by atoms with Crippen LogP contribution in [0.4, 0.5) is 0 Å². The molecule has 8 atom stereocenters. The predicted molar refractivity (Wildman–Crippen MR) is 176 cm³/mol. The summed E-state index contributed by atoms with van der Waals surface area (Å²) >= 11 is 0. The summed E-state index contributed by atoms with van der Waals surface area (Å²) in [5.41, 5.74) is -6.26. The third-order valence-electron chi connectivity index (χ3n) is 8.89. The lowest BCUT2D eigenvalue weighted by Gasteiger charge is -2.41. The van der Waals surface area contributed by atoms with E-state index >= 15 is 0 Å². The predicted octanol–water partition coefficient (Wildman–Crippen LogP) is 3.64. The molecule has 50 heavy (non-hydrogen) atoms. The van der Waals surface area contributed by atoms with Crippen LogP contribution in [0.15, 0.2) is 54.6 Å². The number of rotatable bonds is 7. The number of ketones is 2. The molecule has 2 aliphatic carbocycles. The van der Waals surface area contributed by atoms with Crippen molar-refractivity contribution in [1.29, 1.82) is 0 Å². The number of hydrogen-bond acceptors (Lipinski definition) is 13. The average molecular weight is 699 g/mol. The maximum atomic E-state index is 14.4. The van der Waals surface area contributed by atoms with Crippen LogP contribution >= 0.6 is 0 Å². The third-order valence-corrected chi connectivity index (χ3v) is 8.89. The maximum absolute atomic E-state index is 14.4. The molecule has 0 aliphatic heterocycles. The van der Waals surface area contributed by atoms with E-state index in [9.17, 15) is 38.7 Å². The first kappa shape index (κ1) is 39.8. The summed E-state index contributed by atoms with van der Waals surface area (Å²) in [6, 6.07) is 7.71. The topological polar surface area (TPSA) is 186 Å². The molecule has 0 unspecified atom stereocenters. The van der Waals surface area contributed by atoms with Gasteiger partial charge in [-0.1, -0.05) is 57.7 Å². The van der Waals surface area contributed by atoms with Gasteiger partial charge in [-0.2, -0.15) is 0 Å². The summed E-state index contributed by atoms with van der Waals surface area (Å²) in [6.07, 6.45) is -5.14. The number of fused-ring (bicyclic) bond motifs is 1. The summed E-state index contributed by atoms with van der Waals surface area (Å²) in [6.45, 7) is 16.0. The van der Waals surface area contributed by atoms with Crippen LogP contribution in [-0.2, 0) is 52.5 Å². The van der Waals surface area contributed by atoms with Gasteiger partial charge >= 0.3 is 29.8 Å². The minimum atomic E-state index is -2.57. The Hall–Kier alpha value is -4.65. The summed E-state index contributed by atoms with van der Waals surface area (Å²) in [5, 5.41) is 12.6. The van der Waals surface area contributed by atoms with E-state index in [1.807, 2.05) is 0 Å². The van der Waals surface area contributed by atoms with Gasteiger partial charge in [0, 0.05) is 44.1 Å². The van der Waals surface area contributed by atoms with Crippen molar-refractivity contribution in [3.8, 4) is 0 Å². The van der Waals surface area contributed by atoms with Crippen LogP contribution < -0.4 is 0 Å². The molecule has 13 heteroatoms. The lowest BCUT2D eigenvalue weighted by molar-refractivity contribution is -0.179. The fourth-order valence-corrected chi connectivity index (χ4v) is 6.48. The molecule has 0 bridgehead atoms. The number of carbonyl (C=O) groups is 7. The number of aliphatic hydroxyl groups is 1. The summed E-state index contributed by atoms with van der Waals surface area (Å²) in [4.78, 5) is 93.2. The van der Waals surface area contributed by atoms with Crippen molar-refractivity contribution < 1.29 is 62.4 Å². The zero-order chi connectivity index (χ0) is 37.9. The van der Waals surface area contributed by atoms with Crippen LogP contribution in [0.2, 0.25) is 0 Å². The molecule has 1 aromatic carbocycles. The van der Waals surface area contributed by atoms with Gasteiger partial charge < -0.3 is 28.8 Å². The van der Waals surface area contributed by atoms with Gasteiger partial charge in [-0.15, -0.1) is 0 Å². The van der Waals surface area contributed by atoms with E-state index in [0.717, 1.165) is 20.8 Å². The second kappa shape index (κ2) is 15.1. The highest BCUT2D eigenvalue weighted by Crippen LogP contribution is 2.52. The molecule has 1 N–H and O–H groups in total. The molecule has 3 rings (SSSR count). The van der Waals surface area contributed by atoms with Crippen molar-refractivity contribution in [2.24, 2.45) is 23.2 Å². The van der Waals surface area contributed by atoms with E-state index in [0.29, 0.717) is 0 Å². The lowest BCUT2D eigenvalue weighted by atomic mass is 9.72. The Morgan fingerprint density at radius 2 is 1.38 bits per heavy atom. The number of hydrogen-bond donors (Lipinski definition) is 1. The monoisotopic (exact) mass is 698 g/mol. The number of ether oxygens (including phenoxy) is 5. The summed E-state index contributed by atoms with van der Waals surface area (Å²) in [7, 11) is 0. The molecule has 0 heterocycles. The molecule has 0 spiro atoms. The second-order valence-electron chi connectivity index (χ2n) is 14.0. The quantitative estimate of drug-likeness (QED) is 0.247. The molecule has 0 amide bonds. The number of benzene rings is 1. The van der Waals surface area contributed by atoms with Crippen LogP contribution in [0.5, 0.6) is 0 Å². The van der Waals surface area contributed by atoms with Gasteiger partial charge in [0.05, 0.1) is 17.4 Å². The summed E-state index contributed by atoms with van der Waals surface area (Å²) < 4.78 is 28.7. The standard InChI is InChI=1S/C37H46O13/c1-19(2)33(43)48-29-28(47-23(6)39)21(4)27(46-22(5)38)26-32(49-34(44)25-14-12-11-13-15-25)36(10,50-24(7)40)18-37(26,45)30(41)20(3)16-17-35(8,9)31(29)42/h11-17,19-20,26-29,32,45H,4,18H2,1-3,5-10H3/b17-16+/t20-,26-,27-,28-,29+,32+,36+,37+/m0/s1. The third kappa shape index (κ3) is 8.38. The average Bonchev–Trinajstić information content (AvgIpc) is 3.23. The minimum Gasteiger partial charge on any atom is -0.457 e. The first-order valence-electron chi connectivity index (χ1n) is 16.2. The Morgan fingerprint density at radius 3 is 1.90 bits per heavy atom. The van der Waals surface area contributed by atoms with Crippen LogP contribution in [0, 0.1) is 23.2 Å². The van der Waals surface area contributed by atoms with Crippen molar-refractivity contribution >= 4 is 41.4 Å². The Labute approximate surface area is 291 Å². The fourth-order valence-electron chi connectivity index (χ4n) is 6.48. The van der Waals surface area contributed by atoms with Crippen LogP contribution in [0.3, 0.4) is 0 Å². The highest BCUT2D eigenvalue weighted by Gasteiger charge is 2.69. The molecule has 272 valence electrons. The summed E-state index contributed by atoms with van der Waals surface area (Å²) in [5.74, 6) is -9.76. The second-order valence-corrected chi connectivity index (χ2v) is 14.0. The van der Waals surface area contributed by atoms with Crippen LogP contribution in [0.1, 0.15) is 79.1 Å². The molecule has 0 radical (unpaired) electrons. The number of Topliss-reactive ketones (excluding diaryl/α,β-unsaturated/α-hetero) is 2. The van der Waals surface area contributed by atoms with Crippen molar-refractivity contribution in [3.05, 3.63) is 60.2 Å². The highest BCUT2D eigenvalue weighted by molar-refractivity contribution is 5.95. The zero-order valence-electron chi connectivity index (χ0n) is 29.8. The van der Waals surface area contributed by atoms with E-state index in [1.165, 1.54) is 65.8 Å². The Kier molecular flexibility index (Phi) is 12.0. The van der Waals surface area contributed by atoms with Gasteiger partial charge in [-0.05, 0) is 32.9 Å². The van der Waals surface area contributed by atoms with E-state index < -0.39 is 107 Å². The van der Waals surface area contributed by atoms with Crippen LogP contribution in [0.25, 0.3) is 0 Å². The minimum absolute atomic E-state index is 0.0676. The number of allylic oxidation sites excluding steroid dienone is 2. The van der Waals surface area contributed by atoms with E-state index in [2.05, 4.69) is 6.58 Å². The molecular weight excluding hydrogens is 652 g/mol. The number of esters is 5. The molecule has 1 aromatic rings. The van der Waals surface area contributed by atoms with Crippen molar-refractivity contribution in [2.75, 3.05) is 0 Å². The largest absolute Gasteiger partial charge is 0.457 e. The highest BCUT2D eigenvalue weighted by atomic mass is 16.6. The normalized spacial score (nSPS) is 31.7. The van der Waals surface area contributed by atoms with E-state index in [4.69, 9.17) is 23.7 Å². The molecule has 0 aromatic heterocycles. The van der Waals surface area contributed by atoms with Gasteiger partial charge in [-0.25, -0.2) is 4.79 Å². The molecule has 2 aliphatic rings. The van der Waals surface area contributed by atoms with E-state index in [1.54, 1.807) is 18.2 Å². The fraction of sp³-hybridized carbons (Fsp3) is 0.541. The maximum Gasteiger partial charge on any atom is 0.338 e. The van der Waals surface area contributed by atoms with Crippen molar-refractivity contribution in [2.45, 2.75) is 104 Å². The van der Waals surface area contributed by atoms with Gasteiger partial charge in [-0.3, -0.25) is 28.8 Å². The Morgan fingerprint density at radius 1 is 0.820 bits per heavy atom. The molecule has 1 saturated carbocycles. The molecule has 1 fully saturated rings. The van der Waals surface area contributed by atoms with Crippen molar-refractivity contribution in [1.82, 2.24) is 0 Å². The zero-order valence-corrected chi connectivity index (χ0v) is 29.8. The van der Waals surface area contributed by atoms with Gasteiger partial charge in [0.25, 0.3) is 0 Å². The SMILES string of the molecule is C=C1[C@H](OC(C)=O)[C@H]2[C@@H](OC(=O)c3ccccc3)[C@](C)(OC(C)=O)C[C@]2(O)C(=O)[C@@H](C)/C=C/C(C)(C)C(=O)[C@H](OC(=O)C(C)C)[C@H]1OC(C)=O. The molecular formula is C37H46O13.